The average Bonchev–Trinajstić information content (AvgIpc) is 3.00. The highest BCUT2D eigenvalue weighted by Crippen LogP contribution is 2.56. The Balaban J connectivity index is 1.51. The number of nitrogens with zero attached hydrogens (tertiary/aromatic N) is 1. The number of halogens is 4. The third-order valence-corrected chi connectivity index (χ3v) is 9.57. The second-order valence-corrected chi connectivity index (χ2v) is 14.2. The minimum Gasteiger partial charge on any atom is -0.459 e. The van der Waals surface area contributed by atoms with Gasteiger partial charge < -0.3 is 10.1 Å². The molecule has 0 saturated heterocycles. The lowest BCUT2D eigenvalue weighted by atomic mass is 9.57. The van der Waals surface area contributed by atoms with Crippen molar-refractivity contribution in [2.45, 2.75) is 70.7 Å². The van der Waals surface area contributed by atoms with Gasteiger partial charge in [0.15, 0.2) is 0 Å². The molecule has 3 aromatic carbocycles. The fourth-order valence-corrected chi connectivity index (χ4v) is 7.23. The monoisotopic (exact) mass is 690 g/mol. The molecule has 7 rings (SSSR count). The third kappa shape index (κ3) is 5.74. The standard InChI is InChI=1S/C37H34BrF3N2O3/c1-22-30(26-20-24(38)14-15-29(26)42-31(22)23-10-6-5-7-11-23)32(44)43-36-18-16-35(17-19-36,33(45)46-34(2,3)4)21-28(36)25-12-8-9-13-27(25)37(39,40)41/h5-15,20-21H,16-19H2,1-4H3,(H,43,44). The van der Waals surface area contributed by atoms with Gasteiger partial charge >= 0.3 is 12.1 Å². The zero-order valence-corrected chi connectivity index (χ0v) is 27.6. The van der Waals surface area contributed by atoms with E-state index in [-0.39, 0.29) is 24.0 Å². The van der Waals surface area contributed by atoms with Crippen molar-refractivity contribution in [1.29, 1.82) is 0 Å². The molecule has 4 aromatic rings. The Kier molecular flexibility index (Phi) is 7.90. The molecule has 0 unspecified atom stereocenters. The van der Waals surface area contributed by atoms with Gasteiger partial charge in [-0.3, -0.25) is 9.59 Å². The molecule has 46 heavy (non-hydrogen) atoms. The second kappa shape index (κ2) is 11.4. The van der Waals surface area contributed by atoms with Crippen molar-refractivity contribution in [2.75, 3.05) is 0 Å². The van der Waals surface area contributed by atoms with Gasteiger partial charge in [0.2, 0.25) is 0 Å². The van der Waals surface area contributed by atoms with Gasteiger partial charge in [-0.1, -0.05) is 70.5 Å². The van der Waals surface area contributed by atoms with Crippen molar-refractivity contribution in [2.24, 2.45) is 5.41 Å². The molecule has 1 fully saturated rings. The maximum atomic E-state index is 14.6. The van der Waals surface area contributed by atoms with Gasteiger partial charge in [0.1, 0.15) is 5.60 Å². The molecule has 9 heteroatoms. The highest BCUT2D eigenvalue weighted by molar-refractivity contribution is 9.10. The van der Waals surface area contributed by atoms with Crippen LogP contribution < -0.4 is 5.32 Å². The van der Waals surface area contributed by atoms with Gasteiger partial charge in [-0.25, -0.2) is 4.98 Å². The number of benzene rings is 3. The zero-order valence-electron chi connectivity index (χ0n) is 26.0. The number of amides is 1. The van der Waals surface area contributed by atoms with Gasteiger partial charge in [-0.05, 0) is 94.3 Å². The number of ether oxygens (including phenoxy) is 1. The van der Waals surface area contributed by atoms with Crippen LogP contribution in [0.1, 0.15) is 73.5 Å². The summed E-state index contributed by atoms with van der Waals surface area (Å²) in [5.74, 6) is -0.878. The Morgan fingerprint density at radius 2 is 1.57 bits per heavy atom. The average molecular weight is 692 g/mol. The predicted molar refractivity (Wildman–Crippen MR) is 176 cm³/mol. The van der Waals surface area contributed by atoms with Crippen LogP contribution in [-0.2, 0) is 15.7 Å². The summed E-state index contributed by atoms with van der Waals surface area (Å²) < 4.78 is 49.8. The molecule has 1 amide bonds. The Morgan fingerprint density at radius 1 is 0.913 bits per heavy atom. The fourth-order valence-electron chi connectivity index (χ4n) is 6.87. The van der Waals surface area contributed by atoms with E-state index >= 15 is 0 Å². The van der Waals surface area contributed by atoms with Crippen molar-refractivity contribution >= 4 is 44.3 Å². The summed E-state index contributed by atoms with van der Waals surface area (Å²) in [5, 5.41) is 3.85. The number of esters is 1. The maximum Gasteiger partial charge on any atom is 0.416 e. The summed E-state index contributed by atoms with van der Waals surface area (Å²) in [7, 11) is 0. The molecule has 1 aromatic heterocycles. The summed E-state index contributed by atoms with van der Waals surface area (Å²) >= 11 is 3.52. The van der Waals surface area contributed by atoms with Crippen molar-refractivity contribution in [3.8, 4) is 11.3 Å². The Hall–Kier alpha value is -3.98. The van der Waals surface area contributed by atoms with E-state index in [1.807, 2.05) is 55.5 Å². The number of fused-ring (bicyclic) bond motifs is 3. The number of carbonyl (C=O) groups is 2. The van der Waals surface area contributed by atoms with Gasteiger partial charge in [0, 0.05) is 15.4 Å². The van der Waals surface area contributed by atoms with Crippen LogP contribution in [0.5, 0.6) is 0 Å². The minimum absolute atomic E-state index is 0.0494. The molecule has 3 aliphatic rings. The number of rotatable bonds is 5. The summed E-state index contributed by atoms with van der Waals surface area (Å²) in [6, 6.07) is 20.4. The van der Waals surface area contributed by atoms with E-state index in [4.69, 9.17) is 9.72 Å². The van der Waals surface area contributed by atoms with Crippen molar-refractivity contribution < 1.29 is 27.5 Å². The Labute approximate surface area is 274 Å². The van der Waals surface area contributed by atoms with Gasteiger partial charge in [0.05, 0.1) is 33.3 Å². The number of alkyl halides is 3. The molecule has 0 atom stereocenters. The summed E-state index contributed by atoms with van der Waals surface area (Å²) in [6.07, 6.45) is -1.80. The van der Waals surface area contributed by atoms with Crippen molar-refractivity contribution in [3.05, 3.63) is 106 Å². The molecular weight excluding hydrogens is 657 g/mol. The van der Waals surface area contributed by atoms with Gasteiger partial charge in [0.25, 0.3) is 5.91 Å². The van der Waals surface area contributed by atoms with Gasteiger partial charge in [-0.2, -0.15) is 13.2 Å². The molecule has 1 heterocycles. The maximum absolute atomic E-state index is 14.6. The van der Waals surface area contributed by atoms with Crippen LogP contribution in [0.3, 0.4) is 0 Å². The normalized spacial score (nSPS) is 21.2. The first-order valence-electron chi connectivity index (χ1n) is 15.2. The van der Waals surface area contributed by atoms with E-state index in [0.717, 1.165) is 16.1 Å². The number of hydrogen-bond donors (Lipinski definition) is 1. The number of nitrogens with one attached hydrogen (secondary N) is 1. The lowest BCUT2D eigenvalue weighted by Gasteiger charge is -2.52. The zero-order chi connectivity index (χ0) is 33.1. The van der Waals surface area contributed by atoms with E-state index in [0.29, 0.717) is 40.6 Å². The second-order valence-electron chi connectivity index (χ2n) is 13.3. The molecule has 5 nitrogen and oxygen atoms in total. The molecule has 0 radical (unpaired) electrons. The van der Waals surface area contributed by atoms with Crippen LogP contribution in [0, 0.1) is 12.3 Å². The van der Waals surface area contributed by atoms with E-state index in [9.17, 15) is 22.8 Å². The molecule has 0 spiro atoms. The van der Waals surface area contributed by atoms with Crippen LogP contribution in [0.4, 0.5) is 13.2 Å². The number of hydrogen-bond acceptors (Lipinski definition) is 4. The molecule has 1 N–H and O–H groups in total. The topological polar surface area (TPSA) is 68.3 Å². The van der Waals surface area contributed by atoms with E-state index in [1.165, 1.54) is 12.1 Å². The van der Waals surface area contributed by atoms with Crippen molar-refractivity contribution in [1.82, 2.24) is 10.3 Å². The quantitative estimate of drug-likeness (QED) is 0.212. The van der Waals surface area contributed by atoms with Gasteiger partial charge in [-0.15, -0.1) is 0 Å². The predicted octanol–water partition coefficient (Wildman–Crippen LogP) is 9.46. The molecule has 2 bridgehead atoms. The minimum atomic E-state index is -4.65. The van der Waals surface area contributed by atoms with E-state index < -0.39 is 40.2 Å². The van der Waals surface area contributed by atoms with Crippen LogP contribution in [0.25, 0.3) is 27.7 Å². The molecular formula is C37H34BrF3N2O3. The Bertz CT molecular complexity index is 1890. The first-order valence-corrected chi connectivity index (χ1v) is 16.0. The molecule has 3 aliphatic carbocycles. The smallest absolute Gasteiger partial charge is 0.416 e. The summed E-state index contributed by atoms with van der Waals surface area (Å²) in [6.45, 7) is 7.15. The number of pyridine rings is 1. The number of carbonyl (C=O) groups excluding carboxylic acids is 2. The molecule has 238 valence electrons. The first-order chi connectivity index (χ1) is 21.6. The number of aromatic nitrogens is 1. The highest BCUT2D eigenvalue weighted by atomic mass is 79.9. The highest BCUT2D eigenvalue weighted by Gasteiger charge is 2.56. The lowest BCUT2D eigenvalue weighted by molar-refractivity contribution is -0.167. The van der Waals surface area contributed by atoms with Crippen LogP contribution in [0.15, 0.2) is 83.3 Å². The Morgan fingerprint density at radius 3 is 2.22 bits per heavy atom. The van der Waals surface area contributed by atoms with Crippen LogP contribution >= 0.6 is 15.9 Å². The third-order valence-electron chi connectivity index (χ3n) is 9.08. The molecule has 0 aliphatic heterocycles. The molecule has 1 saturated carbocycles. The largest absolute Gasteiger partial charge is 0.459 e. The summed E-state index contributed by atoms with van der Waals surface area (Å²) in [5.41, 5.74) is -0.437. The fraction of sp³-hybridized carbons (Fsp3) is 0.324. The van der Waals surface area contributed by atoms with Crippen molar-refractivity contribution in [3.63, 3.8) is 0 Å². The van der Waals surface area contributed by atoms with Crippen LogP contribution in [0.2, 0.25) is 0 Å². The van der Waals surface area contributed by atoms with Crippen LogP contribution in [-0.4, -0.2) is 28.0 Å². The lowest BCUT2D eigenvalue weighted by Crippen LogP contribution is -2.58. The first kappa shape index (κ1) is 32.0. The SMILES string of the molecule is Cc1c(-c2ccccc2)nc2ccc(Br)cc2c1C(=O)NC12CCC(C(=O)OC(C)(C)C)(C=C1c1ccccc1C(F)(F)F)CC2. The summed E-state index contributed by atoms with van der Waals surface area (Å²) in [4.78, 5) is 33.1. The van der Waals surface area contributed by atoms with E-state index in [1.54, 1.807) is 32.9 Å². The van der Waals surface area contributed by atoms with E-state index in [2.05, 4.69) is 21.2 Å².